The molecule has 13 heavy (non-hydrogen) atoms. The van der Waals surface area contributed by atoms with Gasteiger partial charge in [-0.25, -0.2) is 9.68 Å². The molecule has 0 aliphatic carbocycles. The first kappa shape index (κ1) is 11.9. The fourth-order valence-electron chi connectivity index (χ4n) is 0.377. The smallest absolute Gasteiger partial charge is 0.335 e. The molecule has 0 rings (SSSR count). The van der Waals surface area contributed by atoms with Gasteiger partial charge in [-0.2, -0.15) is 4.89 Å². The number of hydrogen-bond acceptors (Lipinski definition) is 4. The maximum Gasteiger partial charge on any atom is 0.335 e. The predicted octanol–water partition coefficient (Wildman–Crippen LogP) is 1.59. The van der Waals surface area contributed by atoms with Crippen molar-refractivity contribution in [2.75, 3.05) is 13.4 Å². The van der Waals surface area contributed by atoms with E-state index in [4.69, 9.17) is 0 Å². The zero-order chi connectivity index (χ0) is 10.3. The van der Waals surface area contributed by atoms with Crippen LogP contribution in [0.1, 0.15) is 13.8 Å². The summed E-state index contributed by atoms with van der Waals surface area (Å²) in [6.07, 6.45) is 0. The average Bonchev–Trinajstić information content (AvgIpc) is 2.02. The summed E-state index contributed by atoms with van der Waals surface area (Å²) in [4.78, 5) is 19.9. The molecule has 0 unspecified atom stereocenters. The van der Waals surface area contributed by atoms with Gasteiger partial charge in [0.25, 0.3) is 0 Å². The molecule has 0 saturated heterocycles. The van der Waals surface area contributed by atoms with Crippen LogP contribution >= 0.6 is 0 Å². The van der Waals surface area contributed by atoms with Crippen LogP contribution in [-0.2, 0) is 19.3 Å². The van der Waals surface area contributed by atoms with E-state index in [1.54, 1.807) is 13.8 Å². The lowest BCUT2D eigenvalue weighted by molar-refractivity contribution is -0.324. The van der Waals surface area contributed by atoms with Gasteiger partial charge in [0.05, 0.1) is 0 Å². The molecule has 4 nitrogen and oxygen atoms in total. The number of esters is 1. The van der Waals surface area contributed by atoms with Crippen LogP contribution in [0.3, 0.4) is 0 Å². The highest BCUT2D eigenvalue weighted by atomic mass is 17.2. The van der Waals surface area contributed by atoms with Crippen molar-refractivity contribution < 1.29 is 19.3 Å². The third kappa shape index (κ3) is 7.24. The van der Waals surface area contributed by atoms with E-state index in [2.05, 4.69) is 27.7 Å². The normalized spacial score (nSPS) is 9.38. The van der Waals surface area contributed by atoms with Gasteiger partial charge in [-0.3, -0.25) is 0 Å². The number of hydrogen-bond donors (Lipinski definition) is 0. The molecule has 0 fully saturated rings. The van der Waals surface area contributed by atoms with Gasteiger partial charge < -0.3 is 4.74 Å². The summed E-state index contributed by atoms with van der Waals surface area (Å²) in [6, 6.07) is 0. The second-order valence-corrected chi connectivity index (χ2v) is 2.67. The Hall–Kier alpha value is -1.13. The average molecular weight is 186 g/mol. The van der Waals surface area contributed by atoms with Crippen LogP contribution in [0.2, 0.25) is 0 Å². The fourth-order valence-corrected chi connectivity index (χ4v) is 0.377. The second-order valence-electron chi connectivity index (χ2n) is 2.67. The maximum atomic E-state index is 10.8. The largest absolute Gasteiger partial charge is 0.432 e. The van der Waals surface area contributed by atoms with Crippen LogP contribution in [0, 0.1) is 0 Å². The minimum absolute atomic E-state index is 0.237. The third-order valence-corrected chi connectivity index (χ3v) is 0.975. The van der Waals surface area contributed by atoms with Crippen molar-refractivity contribution in [3.8, 4) is 0 Å². The number of carbonyl (C=O) groups is 1. The summed E-state index contributed by atoms with van der Waals surface area (Å²) in [5.41, 5.74) is 1.15. The van der Waals surface area contributed by atoms with Crippen LogP contribution in [0.4, 0.5) is 0 Å². The van der Waals surface area contributed by atoms with E-state index in [9.17, 15) is 4.79 Å². The molecule has 0 N–H and O–H groups in total. The van der Waals surface area contributed by atoms with Crippen molar-refractivity contribution >= 4 is 5.97 Å². The number of carbonyl (C=O) groups excluding carboxylic acids is 1. The summed E-state index contributed by atoms with van der Waals surface area (Å²) >= 11 is 0. The van der Waals surface area contributed by atoms with Gasteiger partial charge in [0.2, 0.25) is 6.79 Å². The summed E-state index contributed by atoms with van der Waals surface area (Å²) in [5, 5.41) is 0. The SMILES string of the molecule is C=C(C)COOCOC(=O)C(=C)C. The number of rotatable bonds is 6. The van der Waals surface area contributed by atoms with Crippen LogP contribution in [-0.4, -0.2) is 19.4 Å². The van der Waals surface area contributed by atoms with Gasteiger partial charge in [0, 0.05) is 5.57 Å². The van der Waals surface area contributed by atoms with Crippen molar-refractivity contribution in [1.29, 1.82) is 0 Å². The lowest BCUT2D eigenvalue weighted by Crippen LogP contribution is -2.09. The molecule has 0 spiro atoms. The topological polar surface area (TPSA) is 44.8 Å². The van der Waals surface area contributed by atoms with E-state index >= 15 is 0 Å². The van der Waals surface area contributed by atoms with Gasteiger partial charge in [0.1, 0.15) is 6.61 Å². The molecule has 4 heteroatoms. The minimum atomic E-state index is -0.501. The monoisotopic (exact) mass is 186 g/mol. The van der Waals surface area contributed by atoms with E-state index in [-0.39, 0.29) is 13.4 Å². The van der Waals surface area contributed by atoms with Crippen molar-refractivity contribution in [2.24, 2.45) is 0 Å². The van der Waals surface area contributed by atoms with E-state index in [0.29, 0.717) is 5.57 Å². The van der Waals surface area contributed by atoms with E-state index in [0.717, 1.165) is 5.57 Å². The van der Waals surface area contributed by atoms with E-state index < -0.39 is 5.97 Å². The Labute approximate surface area is 77.7 Å². The Kier molecular flexibility index (Phi) is 5.84. The molecule has 0 aromatic rings. The maximum absolute atomic E-state index is 10.8. The molecule has 0 heterocycles. The van der Waals surface area contributed by atoms with Crippen molar-refractivity contribution in [2.45, 2.75) is 13.8 Å². The Morgan fingerprint density at radius 2 is 1.85 bits per heavy atom. The van der Waals surface area contributed by atoms with Crippen LogP contribution in [0.15, 0.2) is 24.3 Å². The fraction of sp³-hybridized carbons (Fsp3) is 0.444. The quantitative estimate of drug-likeness (QED) is 0.120. The number of ether oxygens (including phenoxy) is 1. The van der Waals surface area contributed by atoms with Gasteiger partial charge in [-0.15, -0.1) is 0 Å². The molecule has 0 radical (unpaired) electrons. The molecule has 0 atom stereocenters. The van der Waals surface area contributed by atoms with Crippen molar-refractivity contribution in [1.82, 2.24) is 0 Å². The highest BCUT2D eigenvalue weighted by Gasteiger charge is 2.01. The van der Waals surface area contributed by atoms with Crippen molar-refractivity contribution in [3.63, 3.8) is 0 Å². The first-order valence-electron chi connectivity index (χ1n) is 3.75. The molecule has 0 bridgehead atoms. The first-order chi connectivity index (χ1) is 6.04. The van der Waals surface area contributed by atoms with E-state index in [1.165, 1.54) is 0 Å². The molecule has 0 aromatic carbocycles. The molecule has 0 aromatic heterocycles. The van der Waals surface area contributed by atoms with Gasteiger partial charge in [0.15, 0.2) is 0 Å². The lowest BCUT2D eigenvalue weighted by Gasteiger charge is -2.04. The summed E-state index contributed by atoms with van der Waals surface area (Å²) < 4.78 is 4.57. The molecule has 0 saturated carbocycles. The summed E-state index contributed by atoms with van der Waals surface area (Å²) in [7, 11) is 0. The summed E-state index contributed by atoms with van der Waals surface area (Å²) in [6.45, 7) is 10.4. The highest BCUT2D eigenvalue weighted by molar-refractivity contribution is 5.86. The Morgan fingerprint density at radius 3 is 2.31 bits per heavy atom. The molecule has 0 amide bonds. The Morgan fingerprint density at radius 1 is 1.23 bits per heavy atom. The third-order valence-electron chi connectivity index (χ3n) is 0.975. The van der Waals surface area contributed by atoms with Crippen molar-refractivity contribution in [3.05, 3.63) is 24.3 Å². The molecular formula is C9H14O4. The molecule has 74 valence electrons. The van der Waals surface area contributed by atoms with E-state index in [1.807, 2.05) is 0 Å². The Bertz CT molecular complexity index is 208. The zero-order valence-electron chi connectivity index (χ0n) is 7.96. The minimum Gasteiger partial charge on any atom is -0.432 e. The molecule has 0 aliphatic rings. The molecular weight excluding hydrogens is 172 g/mol. The first-order valence-corrected chi connectivity index (χ1v) is 3.75. The summed E-state index contributed by atoms with van der Waals surface area (Å²) in [5.74, 6) is -0.501. The van der Waals surface area contributed by atoms with Gasteiger partial charge >= 0.3 is 5.97 Å². The standard InChI is InChI=1S/C9H14O4/c1-7(2)5-12-13-6-11-9(10)8(3)4/h1,3,5-6H2,2,4H3. The second kappa shape index (κ2) is 6.39. The zero-order valence-corrected chi connectivity index (χ0v) is 7.96. The Balaban J connectivity index is 3.31. The van der Waals surface area contributed by atoms with Gasteiger partial charge in [-0.1, -0.05) is 18.7 Å². The van der Waals surface area contributed by atoms with Crippen LogP contribution in [0.25, 0.3) is 0 Å². The lowest BCUT2D eigenvalue weighted by atomic mass is 10.4. The van der Waals surface area contributed by atoms with Crippen LogP contribution in [0.5, 0.6) is 0 Å². The molecule has 0 aliphatic heterocycles. The predicted molar refractivity (Wildman–Crippen MR) is 47.6 cm³/mol. The van der Waals surface area contributed by atoms with Crippen LogP contribution < -0.4 is 0 Å². The highest BCUT2D eigenvalue weighted by Crippen LogP contribution is 1.93. The van der Waals surface area contributed by atoms with Gasteiger partial charge in [-0.05, 0) is 13.8 Å².